The van der Waals surface area contributed by atoms with E-state index in [4.69, 9.17) is 11.6 Å². The molecule has 1 N–H and O–H groups in total. The number of nitrogens with zero attached hydrogens (tertiary/aromatic N) is 3. The summed E-state index contributed by atoms with van der Waals surface area (Å²) in [7, 11) is -6.44. The molecule has 1 rings (SSSR count). The zero-order valence-electron chi connectivity index (χ0n) is 18.5. The molecule has 0 aliphatic carbocycles. The average Bonchev–Trinajstić information content (AvgIpc) is 2.42. The molecule has 1 aromatic heterocycles. The van der Waals surface area contributed by atoms with E-state index in [1.165, 1.54) is 10.5 Å². The third-order valence-corrected chi connectivity index (χ3v) is 7.53. The molecule has 0 aliphatic rings. The molecular formula is C18H35ClN4O4S2. The van der Waals surface area contributed by atoms with Gasteiger partial charge in [-0.3, -0.25) is 4.31 Å². The Hall–Kier alpha value is -0.970. The van der Waals surface area contributed by atoms with Gasteiger partial charge in [0.15, 0.2) is 0 Å². The highest BCUT2D eigenvalue weighted by atomic mass is 35.5. The maximum Gasteiger partial charge on any atom is 0.236 e. The number of hydrogen-bond donors (Lipinski definition) is 1. The number of hydrogen-bond acceptors (Lipinski definition) is 6. The van der Waals surface area contributed by atoms with E-state index in [-0.39, 0.29) is 40.7 Å². The van der Waals surface area contributed by atoms with Gasteiger partial charge in [-0.1, -0.05) is 27.7 Å². The molecule has 1 aromatic rings. The molecule has 0 aliphatic heterocycles. The smallest absolute Gasteiger partial charge is 0.236 e. The van der Waals surface area contributed by atoms with E-state index in [2.05, 4.69) is 14.7 Å². The lowest BCUT2D eigenvalue weighted by Gasteiger charge is -2.27. The summed E-state index contributed by atoms with van der Waals surface area (Å²) in [5.41, 5.74) is 0. The first kappa shape index (κ1) is 28.0. The molecule has 0 saturated carbocycles. The minimum absolute atomic E-state index is 0.00116. The fourth-order valence-corrected chi connectivity index (χ4v) is 6.39. The van der Waals surface area contributed by atoms with E-state index < -0.39 is 20.0 Å². The third-order valence-electron chi connectivity index (χ3n) is 3.12. The fourth-order valence-electron chi connectivity index (χ4n) is 2.52. The van der Waals surface area contributed by atoms with Crippen molar-refractivity contribution in [1.29, 1.82) is 0 Å². The Morgan fingerprint density at radius 2 is 1.48 bits per heavy atom. The topological polar surface area (TPSA) is 109 Å². The number of aromatic nitrogens is 2. The Morgan fingerprint density at radius 1 is 0.966 bits per heavy atom. The van der Waals surface area contributed by atoms with E-state index in [0.29, 0.717) is 5.82 Å². The zero-order chi connectivity index (χ0) is 23.0. The first-order valence-corrected chi connectivity index (χ1v) is 13.2. The van der Waals surface area contributed by atoms with Crippen LogP contribution in [0.1, 0.15) is 55.4 Å². The van der Waals surface area contributed by atoms with Crippen LogP contribution in [-0.4, -0.2) is 50.4 Å². The van der Waals surface area contributed by atoms with Crippen LogP contribution >= 0.6 is 11.6 Å². The summed E-state index contributed by atoms with van der Waals surface area (Å²) >= 11 is 5.71. The molecular weight excluding hydrogens is 436 g/mol. The molecule has 0 bridgehead atoms. The molecule has 0 spiro atoms. The molecule has 29 heavy (non-hydrogen) atoms. The van der Waals surface area contributed by atoms with Crippen LogP contribution in [0.5, 0.6) is 0 Å². The standard InChI is InChI=1S/C11H18ClN3O2S.C7H17NO2S/c1-8(2)7-18(16,17)15(9(3)4)10-5-6-13-11(12)14-10;1-6(2)5-11(9,10)8-7(3)4/h5-6,8-9H,7H2,1-4H3;6-8H,5H2,1-4H3. The normalized spacial score (nSPS) is 12.4. The van der Waals surface area contributed by atoms with Gasteiger partial charge in [-0.15, -0.1) is 0 Å². The predicted octanol–water partition coefficient (Wildman–Crippen LogP) is 3.30. The summed E-state index contributed by atoms with van der Waals surface area (Å²) < 4.78 is 50.7. The van der Waals surface area contributed by atoms with Crippen LogP contribution in [0.25, 0.3) is 0 Å². The van der Waals surface area contributed by atoms with Crippen molar-refractivity contribution in [2.45, 2.75) is 67.5 Å². The van der Waals surface area contributed by atoms with Crippen molar-refractivity contribution in [2.75, 3.05) is 15.8 Å². The third kappa shape index (κ3) is 11.7. The van der Waals surface area contributed by atoms with E-state index in [9.17, 15) is 16.8 Å². The Balaban J connectivity index is 0.000000614. The summed E-state index contributed by atoms with van der Waals surface area (Å²) in [6.07, 6.45) is 1.45. The van der Waals surface area contributed by atoms with Gasteiger partial charge in [0, 0.05) is 24.3 Å². The molecule has 0 atom stereocenters. The van der Waals surface area contributed by atoms with Crippen molar-refractivity contribution in [3.63, 3.8) is 0 Å². The number of rotatable bonds is 9. The molecule has 8 nitrogen and oxygen atoms in total. The average molecular weight is 471 g/mol. The van der Waals surface area contributed by atoms with Crippen molar-refractivity contribution in [3.8, 4) is 0 Å². The zero-order valence-corrected chi connectivity index (χ0v) is 20.9. The molecule has 170 valence electrons. The van der Waals surface area contributed by atoms with Crippen molar-refractivity contribution in [1.82, 2.24) is 14.7 Å². The Kier molecular flexibility index (Phi) is 11.6. The largest absolute Gasteiger partial charge is 0.251 e. The van der Waals surface area contributed by atoms with Crippen LogP contribution in [0.3, 0.4) is 0 Å². The number of halogens is 1. The lowest BCUT2D eigenvalue weighted by atomic mass is 10.3. The molecule has 11 heteroatoms. The van der Waals surface area contributed by atoms with Gasteiger partial charge in [-0.2, -0.15) is 4.98 Å². The van der Waals surface area contributed by atoms with E-state index in [1.807, 2.05) is 41.5 Å². The van der Waals surface area contributed by atoms with E-state index >= 15 is 0 Å². The second-order valence-corrected chi connectivity index (χ2v) is 12.2. The lowest BCUT2D eigenvalue weighted by molar-refractivity contribution is 0.557. The Bertz CT molecular complexity index is 810. The number of sulfonamides is 2. The lowest BCUT2D eigenvalue weighted by Crippen LogP contribution is -2.40. The quantitative estimate of drug-likeness (QED) is 0.554. The van der Waals surface area contributed by atoms with E-state index in [0.717, 1.165) is 0 Å². The summed E-state index contributed by atoms with van der Waals surface area (Å²) in [6.45, 7) is 14.7. The van der Waals surface area contributed by atoms with Crippen molar-refractivity contribution < 1.29 is 16.8 Å². The number of anilines is 1. The van der Waals surface area contributed by atoms with Gasteiger partial charge in [-0.05, 0) is 51.1 Å². The maximum atomic E-state index is 12.3. The monoisotopic (exact) mass is 470 g/mol. The highest BCUT2D eigenvalue weighted by Gasteiger charge is 2.27. The maximum absolute atomic E-state index is 12.3. The highest BCUT2D eigenvalue weighted by Crippen LogP contribution is 2.21. The fraction of sp³-hybridized carbons (Fsp3) is 0.778. The van der Waals surface area contributed by atoms with Gasteiger partial charge in [0.25, 0.3) is 0 Å². The molecule has 0 aromatic carbocycles. The molecule has 0 unspecified atom stereocenters. The minimum Gasteiger partial charge on any atom is -0.251 e. The second kappa shape index (κ2) is 12.0. The van der Waals surface area contributed by atoms with Crippen LogP contribution < -0.4 is 9.03 Å². The summed E-state index contributed by atoms with van der Waals surface area (Å²) in [4.78, 5) is 7.73. The van der Waals surface area contributed by atoms with Crippen molar-refractivity contribution in [3.05, 3.63) is 17.5 Å². The van der Waals surface area contributed by atoms with Gasteiger partial charge in [0.1, 0.15) is 5.82 Å². The summed E-state index contributed by atoms with van der Waals surface area (Å²) in [5, 5.41) is 0.0397. The van der Waals surface area contributed by atoms with Gasteiger partial charge in [0.2, 0.25) is 25.3 Å². The molecule has 1 heterocycles. The van der Waals surface area contributed by atoms with Crippen LogP contribution in [0.4, 0.5) is 5.82 Å². The van der Waals surface area contributed by atoms with Crippen LogP contribution in [0, 0.1) is 11.8 Å². The van der Waals surface area contributed by atoms with E-state index in [1.54, 1.807) is 19.9 Å². The SMILES string of the molecule is CC(C)CS(=O)(=O)N(c1ccnc(Cl)n1)C(C)C.CC(C)CS(=O)(=O)NC(C)C. The first-order chi connectivity index (χ1) is 13.1. The van der Waals surface area contributed by atoms with Crippen LogP contribution in [0.15, 0.2) is 12.3 Å². The summed E-state index contributed by atoms with van der Waals surface area (Å²) in [6, 6.07) is 1.32. The van der Waals surface area contributed by atoms with Gasteiger partial charge >= 0.3 is 0 Å². The first-order valence-electron chi connectivity index (χ1n) is 9.58. The van der Waals surface area contributed by atoms with Crippen LogP contribution in [0.2, 0.25) is 5.28 Å². The molecule has 0 radical (unpaired) electrons. The van der Waals surface area contributed by atoms with Gasteiger partial charge in [-0.25, -0.2) is 26.5 Å². The van der Waals surface area contributed by atoms with Gasteiger partial charge < -0.3 is 0 Å². The van der Waals surface area contributed by atoms with Crippen LogP contribution in [-0.2, 0) is 20.0 Å². The molecule has 0 saturated heterocycles. The molecule has 0 fully saturated rings. The van der Waals surface area contributed by atoms with Crippen molar-refractivity contribution in [2.24, 2.45) is 11.8 Å². The summed E-state index contributed by atoms with van der Waals surface area (Å²) in [5.74, 6) is 0.836. The minimum atomic E-state index is -3.41. The second-order valence-electron chi connectivity index (χ2n) is 8.19. The van der Waals surface area contributed by atoms with Gasteiger partial charge in [0.05, 0.1) is 11.5 Å². The Labute approximate surface area is 181 Å². The van der Waals surface area contributed by atoms with Crippen molar-refractivity contribution >= 4 is 37.5 Å². The number of nitrogens with one attached hydrogen (secondary N) is 1. The predicted molar refractivity (Wildman–Crippen MR) is 120 cm³/mol. The molecule has 0 amide bonds. The highest BCUT2D eigenvalue weighted by molar-refractivity contribution is 7.92. The Morgan fingerprint density at radius 3 is 1.86 bits per heavy atom.